The third-order valence-corrected chi connectivity index (χ3v) is 1.44. The van der Waals surface area contributed by atoms with Gasteiger partial charge in [-0.1, -0.05) is 49.6 Å². The van der Waals surface area contributed by atoms with Crippen molar-refractivity contribution in [3.05, 3.63) is 48.6 Å². The molecule has 1 aromatic rings. The lowest BCUT2D eigenvalue weighted by atomic mass is 10.1. The molecule has 0 aliphatic rings. The van der Waals surface area contributed by atoms with Crippen LogP contribution in [-0.2, 0) is 4.57 Å². The molecule has 14 heavy (non-hydrogen) atoms. The summed E-state index contributed by atoms with van der Waals surface area (Å²) in [6, 6.07) is 8.02. The van der Waals surface area contributed by atoms with Crippen LogP contribution in [0.2, 0.25) is 0 Å². The van der Waals surface area contributed by atoms with Gasteiger partial charge in [0, 0.05) is 4.57 Å². The minimum absolute atomic E-state index is 1.14. The van der Waals surface area contributed by atoms with Crippen LogP contribution in [0.5, 0.6) is 0 Å². The Morgan fingerprint density at radius 2 is 1.36 bits per heavy atom. The van der Waals surface area contributed by atoms with Gasteiger partial charge in [-0.2, -0.15) is 0 Å². The van der Waals surface area contributed by atoms with Crippen LogP contribution in [0.3, 0.4) is 0 Å². The fraction of sp³-hybridized carbons (Fsp3) is 0. The van der Waals surface area contributed by atoms with E-state index in [-0.39, 0.29) is 0 Å². The van der Waals surface area contributed by atoms with Gasteiger partial charge in [-0.25, -0.2) is 0 Å². The Hall–Kier alpha value is -1.28. The van der Waals surface area contributed by atoms with Gasteiger partial charge < -0.3 is 0 Å². The van der Waals surface area contributed by atoms with Crippen LogP contribution in [0.25, 0.3) is 12.2 Å². The van der Waals surface area contributed by atoms with Crippen LogP contribution in [0.4, 0.5) is 0 Å². The molecule has 1 rings (SSSR count). The Labute approximate surface area is 84.0 Å². The lowest BCUT2D eigenvalue weighted by Crippen LogP contribution is -1.76. The van der Waals surface area contributed by atoms with E-state index in [0.717, 1.165) is 11.1 Å². The maximum absolute atomic E-state index is 8.70. The summed E-state index contributed by atoms with van der Waals surface area (Å²) in [5.74, 6) is 0. The van der Waals surface area contributed by atoms with Crippen LogP contribution < -0.4 is 0 Å². The zero-order chi connectivity index (χ0) is 11.0. The minimum atomic E-state index is -2.87. The predicted molar refractivity (Wildman–Crippen MR) is 58.7 cm³/mol. The van der Waals surface area contributed by atoms with Crippen molar-refractivity contribution in [2.75, 3.05) is 0 Å². The van der Waals surface area contributed by atoms with Crippen LogP contribution in [0.1, 0.15) is 11.1 Å². The SMILES string of the molecule is C=Cc1ccccc1C=C.O=[P+](O)O. The van der Waals surface area contributed by atoms with Crippen molar-refractivity contribution in [3.63, 3.8) is 0 Å². The van der Waals surface area contributed by atoms with E-state index in [1.165, 1.54) is 0 Å². The van der Waals surface area contributed by atoms with Gasteiger partial charge in [0.15, 0.2) is 0 Å². The highest BCUT2D eigenvalue weighted by Gasteiger charge is 1.93. The maximum Gasteiger partial charge on any atom is 0.692 e. The average Bonchev–Trinajstić information content (AvgIpc) is 2.17. The van der Waals surface area contributed by atoms with Crippen LogP contribution in [0, 0.1) is 0 Å². The smallest absolute Gasteiger partial charge is 0.134 e. The maximum atomic E-state index is 8.70. The zero-order valence-corrected chi connectivity index (χ0v) is 8.52. The topological polar surface area (TPSA) is 57.5 Å². The van der Waals surface area contributed by atoms with Crippen LogP contribution in [0.15, 0.2) is 37.4 Å². The van der Waals surface area contributed by atoms with E-state index in [2.05, 4.69) is 13.2 Å². The molecule has 0 radical (unpaired) electrons. The summed E-state index contributed by atoms with van der Waals surface area (Å²) in [6.07, 6.45) is 3.66. The highest BCUT2D eigenvalue weighted by atomic mass is 31.1. The van der Waals surface area contributed by atoms with Crippen molar-refractivity contribution in [2.45, 2.75) is 0 Å². The Morgan fingerprint density at radius 3 is 1.57 bits per heavy atom. The third-order valence-electron chi connectivity index (χ3n) is 1.44. The molecule has 2 N–H and O–H groups in total. The third kappa shape index (κ3) is 5.38. The van der Waals surface area contributed by atoms with E-state index in [4.69, 9.17) is 14.4 Å². The van der Waals surface area contributed by atoms with E-state index < -0.39 is 8.25 Å². The van der Waals surface area contributed by atoms with Crippen molar-refractivity contribution < 1.29 is 14.4 Å². The molecule has 0 spiro atoms. The second kappa shape index (κ2) is 7.15. The molecule has 0 heterocycles. The number of hydrogen-bond acceptors (Lipinski definition) is 1. The Morgan fingerprint density at radius 1 is 1.07 bits per heavy atom. The van der Waals surface area contributed by atoms with Crippen molar-refractivity contribution in [1.82, 2.24) is 0 Å². The lowest BCUT2D eigenvalue weighted by molar-refractivity contribution is 0.405. The summed E-state index contributed by atoms with van der Waals surface area (Å²) in [5, 5.41) is 0. The molecule has 0 bridgehead atoms. The van der Waals surface area contributed by atoms with Crippen LogP contribution in [-0.4, -0.2) is 9.79 Å². The highest BCUT2D eigenvalue weighted by molar-refractivity contribution is 7.30. The van der Waals surface area contributed by atoms with E-state index in [0.29, 0.717) is 0 Å². The predicted octanol–water partition coefficient (Wildman–Crippen LogP) is 2.60. The first-order valence-corrected chi connectivity index (χ1v) is 4.97. The van der Waals surface area contributed by atoms with Gasteiger partial charge in [0.25, 0.3) is 0 Å². The van der Waals surface area contributed by atoms with Gasteiger partial charge in [0.1, 0.15) is 0 Å². The molecule has 1 aromatic carbocycles. The molecular weight excluding hydrogens is 199 g/mol. The molecule has 0 atom stereocenters. The molecule has 0 aliphatic heterocycles. The summed E-state index contributed by atoms with van der Waals surface area (Å²) in [7, 11) is -2.87. The van der Waals surface area contributed by atoms with E-state index >= 15 is 0 Å². The zero-order valence-electron chi connectivity index (χ0n) is 7.63. The van der Waals surface area contributed by atoms with E-state index in [1.807, 2.05) is 36.4 Å². The Kier molecular flexibility index (Phi) is 6.50. The molecular formula is C10H12O3P+. The fourth-order valence-corrected chi connectivity index (χ4v) is 0.883. The summed E-state index contributed by atoms with van der Waals surface area (Å²) >= 11 is 0. The molecule has 3 nitrogen and oxygen atoms in total. The number of benzene rings is 1. The first kappa shape index (κ1) is 12.7. The fourth-order valence-electron chi connectivity index (χ4n) is 0.883. The molecule has 0 aliphatic carbocycles. The molecule has 74 valence electrons. The first-order valence-electron chi connectivity index (χ1n) is 3.80. The average molecular weight is 211 g/mol. The van der Waals surface area contributed by atoms with Gasteiger partial charge in [0.05, 0.1) is 0 Å². The van der Waals surface area contributed by atoms with E-state index in [9.17, 15) is 0 Å². The standard InChI is InChI=1S/C10H10.HO3P/c1-3-9-7-5-6-8-10(9)4-2;1-4(2)3/h3-8H,1-2H2;(H-,1,2,3)/p+1. The quantitative estimate of drug-likeness (QED) is 0.739. The van der Waals surface area contributed by atoms with Crippen molar-refractivity contribution in [3.8, 4) is 0 Å². The summed E-state index contributed by atoms with van der Waals surface area (Å²) in [6.45, 7) is 7.38. The van der Waals surface area contributed by atoms with Gasteiger partial charge in [0.2, 0.25) is 0 Å². The van der Waals surface area contributed by atoms with Gasteiger partial charge >= 0.3 is 8.25 Å². The molecule has 4 heteroatoms. The molecule has 0 saturated heterocycles. The van der Waals surface area contributed by atoms with Gasteiger partial charge in [-0.05, 0) is 11.1 Å². The largest absolute Gasteiger partial charge is 0.692 e. The van der Waals surface area contributed by atoms with Crippen LogP contribution >= 0.6 is 8.25 Å². The van der Waals surface area contributed by atoms with Crippen molar-refractivity contribution in [1.29, 1.82) is 0 Å². The second-order valence-electron chi connectivity index (χ2n) is 2.29. The molecule has 0 saturated carbocycles. The lowest BCUT2D eigenvalue weighted by Gasteiger charge is -1.96. The number of hydrogen-bond donors (Lipinski definition) is 2. The van der Waals surface area contributed by atoms with Crippen molar-refractivity contribution >= 4 is 20.4 Å². The molecule has 0 fully saturated rings. The Balaban J connectivity index is 0.000000364. The second-order valence-corrected chi connectivity index (χ2v) is 2.80. The molecule has 0 unspecified atom stereocenters. The number of rotatable bonds is 2. The molecule has 0 aromatic heterocycles. The normalized spacial score (nSPS) is 8.14. The minimum Gasteiger partial charge on any atom is -0.134 e. The van der Waals surface area contributed by atoms with Gasteiger partial charge in [-0.15, -0.1) is 9.79 Å². The first-order chi connectivity index (χ1) is 6.61. The summed E-state index contributed by atoms with van der Waals surface area (Å²) in [4.78, 5) is 14.2. The Bertz CT molecular complexity index is 303. The summed E-state index contributed by atoms with van der Waals surface area (Å²) < 4.78 is 8.70. The highest BCUT2D eigenvalue weighted by Crippen LogP contribution is 2.10. The molecule has 0 amide bonds. The monoisotopic (exact) mass is 211 g/mol. The van der Waals surface area contributed by atoms with Crippen molar-refractivity contribution in [2.24, 2.45) is 0 Å². The van der Waals surface area contributed by atoms with E-state index in [1.54, 1.807) is 0 Å². The summed E-state index contributed by atoms with van der Waals surface area (Å²) in [5.41, 5.74) is 2.27. The van der Waals surface area contributed by atoms with Gasteiger partial charge in [-0.3, -0.25) is 0 Å².